The molecule has 1 aromatic rings. The molecule has 21 heavy (non-hydrogen) atoms. The van der Waals surface area contributed by atoms with E-state index in [9.17, 15) is 4.79 Å². The third-order valence-corrected chi connectivity index (χ3v) is 4.48. The van der Waals surface area contributed by atoms with Crippen molar-refractivity contribution < 1.29 is 4.79 Å². The predicted octanol–water partition coefficient (Wildman–Crippen LogP) is 4.27. The number of benzene rings is 1. The second-order valence-corrected chi connectivity index (χ2v) is 6.33. The number of amides is 1. The highest BCUT2D eigenvalue weighted by atomic mass is 79.9. The van der Waals surface area contributed by atoms with Crippen molar-refractivity contribution in [1.29, 1.82) is 0 Å². The number of hydrogen-bond donors (Lipinski definition) is 1. The molecule has 0 aromatic heterocycles. The number of carbonyl (C=O) groups excluding carboxylic acids is 1. The maximum atomic E-state index is 12.7. The van der Waals surface area contributed by atoms with Crippen LogP contribution in [-0.2, 0) is 4.79 Å². The fraction of sp³-hybridized carbons (Fsp3) is 0.588. The lowest BCUT2D eigenvalue weighted by atomic mass is 10.0. The molecule has 2 N–H and O–H groups in total. The predicted molar refractivity (Wildman–Crippen MR) is 92.1 cm³/mol. The number of unbranched alkanes of at least 4 members (excludes halogenated alkanes) is 1. The Morgan fingerprint density at radius 1 is 1.29 bits per heavy atom. The number of carbonyl (C=O) groups is 1. The zero-order valence-electron chi connectivity index (χ0n) is 13.3. The van der Waals surface area contributed by atoms with Crippen molar-refractivity contribution in [3.8, 4) is 0 Å². The standard InChI is InChI=1S/C17H27BrN2O/c1-4-6-11-16(19)17(21)20(12-5-2)13(3)14-9-7-8-10-15(14)18/h7-10,13,16H,4-6,11-12,19H2,1-3H3/t13?,16-/m0/s1. The highest BCUT2D eigenvalue weighted by molar-refractivity contribution is 9.10. The van der Waals surface area contributed by atoms with E-state index in [4.69, 9.17) is 5.73 Å². The highest BCUT2D eigenvalue weighted by Crippen LogP contribution is 2.28. The third kappa shape index (κ3) is 5.11. The molecule has 2 atom stereocenters. The van der Waals surface area contributed by atoms with Gasteiger partial charge in [-0.05, 0) is 31.4 Å². The van der Waals surface area contributed by atoms with Crippen LogP contribution < -0.4 is 5.73 Å². The van der Waals surface area contributed by atoms with Gasteiger partial charge in [-0.2, -0.15) is 0 Å². The number of nitrogens with two attached hydrogens (primary N) is 1. The Balaban J connectivity index is 2.90. The van der Waals surface area contributed by atoms with Crippen LogP contribution in [0.1, 0.15) is 58.1 Å². The molecule has 0 aliphatic heterocycles. The van der Waals surface area contributed by atoms with Crippen LogP contribution in [0.15, 0.2) is 28.7 Å². The van der Waals surface area contributed by atoms with E-state index >= 15 is 0 Å². The molecule has 0 bridgehead atoms. The SMILES string of the molecule is CCCC[C@H](N)C(=O)N(CCC)C(C)c1ccccc1Br. The molecule has 0 radical (unpaired) electrons. The molecular formula is C17H27BrN2O. The van der Waals surface area contributed by atoms with Crippen molar-refractivity contribution in [3.63, 3.8) is 0 Å². The molecule has 1 unspecified atom stereocenters. The Hall–Kier alpha value is -0.870. The van der Waals surface area contributed by atoms with Crippen molar-refractivity contribution in [1.82, 2.24) is 4.90 Å². The summed E-state index contributed by atoms with van der Waals surface area (Å²) in [5.74, 6) is 0.0635. The van der Waals surface area contributed by atoms with E-state index in [-0.39, 0.29) is 18.0 Å². The van der Waals surface area contributed by atoms with Crippen molar-refractivity contribution in [2.24, 2.45) is 5.73 Å². The van der Waals surface area contributed by atoms with Gasteiger partial charge in [0.1, 0.15) is 0 Å². The van der Waals surface area contributed by atoms with Gasteiger partial charge >= 0.3 is 0 Å². The lowest BCUT2D eigenvalue weighted by Gasteiger charge is -2.32. The summed E-state index contributed by atoms with van der Waals surface area (Å²) in [6.07, 6.45) is 3.75. The van der Waals surface area contributed by atoms with Gasteiger partial charge < -0.3 is 10.6 Å². The van der Waals surface area contributed by atoms with E-state index in [0.717, 1.165) is 42.3 Å². The largest absolute Gasteiger partial charge is 0.335 e. The molecular weight excluding hydrogens is 328 g/mol. The van der Waals surface area contributed by atoms with Gasteiger partial charge in [-0.3, -0.25) is 4.79 Å². The van der Waals surface area contributed by atoms with Crippen molar-refractivity contribution >= 4 is 21.8 Å². The molecule has 118 valence electrons. The minimum absolute atomic E-state index is 0.0284. The van der Waals surface area contributed by atoms with Crippen LogP contribution in [0.5, 0.6) is 0 Å². The molecule has 4 heteroatoms. The van der Waals surface area contributed by atoms with E-state index in [1.54, 1.807) is 0 Å². The van der Waals surface area contributed by atoms with Gasteiger partial charge in [-0.1, -0.05) is 60.8 Å². The fourth-order valence-electron chi connectivity index (χ4n) is 2.48. The summed E-state index contributed by atoms with van der Waals surface area (Å²) in [5.41, 5.74) is 7.21. The Morgan fingerprint density at radius 2 is 1.95 bits per heavy atom. The van der Waals surface area contributed by atoms with Crippen molar-refractivity contribution in [3.05, 3.63) is 34.3 Å². The van der Waals surface area contributed by atoms with Crippen molar-refractivity contribution in [2.45, 2.75) is 58.5 Å². The lowest BCUT2D eigenvalue weighted by Crippen LogP contribution is -2.45. The third-order valence-electron chi connectivity index (χ3n) is 3.76. The smallest absolute Gasteiger partial charge is 0.239 e. The molecule has 0 fully saturated rings. The average molecular weight is 355 g/mol. The number of halogens is 1. The minimum atomic E-state index is -0.388. The van der Waals surface area contributed by atoms with Crippen LogP contribution in [0.25, 0.3) is 0 Å². The van der Waals surface area contributed by atoms with E-state index in [1.165, 1.54) is 0 Å². The topological polar surface area (TPSA) is 46.3 Å². The Bertz CT molecular complexity index is 450. The second-order valence-electron chi connectivity index (χ2n) is 5.48. The fourth-order valence-corrected chi connectivity index (χ4v) is 3.09. The molecule has 0 aliphatic rings. The minimum Gasteiger partial charge on any atom is -0.335 e. The van der Waals surface area contributed by atoms with E-state index < -0.39 is 0 Å². The summed E-state index contributed by atoms with van der Waals surface area (Å²) in [7, 11) is 0. The van der Waals surface area contributed by atoms with Crippen LogP contribution in [0.3, 0.4) is 0 Å². The molecule has 1 rings (SSSR count). The summed E-state index contributed by atoms with van der Waals surface area (Å²) in [5, 5.41) is 0. The van der Waals surface area contributed by atoms with Gasteiger partial charge in [0.05, 0.1) is 12.1 Å². The first-order chi connectivity index (χ1) is 10.0. The molecule has 0 heterocycles. The molecule has 0 saturated carbocycles. The molecule has 3 nitrogen and oxygen atoms in total. The van der Waals surface area contributed by atoms with Crippen LogP contribution in [-0.4, -0.2) is 23.4 Å². The summed E-state index contributed by atoms with van der Waals surface area (Å²) >= 11 is 3.58. The van der Waals surface area contributed by atoms with E-state index in [0.29, 0.717) is 0 Å². The van der Waals surface area contributed by atoms with Gasteiger partial charge in [0.2, 0.25) is 5.91 Å². The Morgan fingerprint density at radius 3 is 2.52 bits per heavy atom. The summed E-state index contributed by atoms with van der Waals surface area (Å²) in [6, 6.07) is 7.70. The van der Waals surface area contributed by atoms with Crippen molar-refractivity contribution in [2.75, 3.05) is 6.54 Å². The zero-order chi connectivity index (χ0) is 15.8. The van der Waals surface area contributed by atoms with Crippen LogP contribution >= 0.6 is 15.9 Å². The van der Waals surface area contributed by atoms with Gasteiger partial charge in [0.25, 0.3) is 0 Å². The Labute approximate surface area is 137 Å². The van der Waals surface area contributed by atoms with Crippen LogP contribution in [0.4, 0.5) is 0 Å². The lowest BCUT2D eigenvalue weighted by molar-refractivity contribution is -0.135. The van der Waals surface area contributed by atoms with Crippen LogP contribution in [0.2, 0.25) is 0 Å². The summed E-state index contributed by atoms with van der Waals surface area (Å²) < 4.78 is 1.04. The van der Waals surface area contributed by atoms with E-state index in [2.05, 4.69) is 42.8 Å². The number of rotatable bonds is 8. The highest BCUT2D eigenvalue weighted by Gasteiger charge is 2.26. The maximum Gasteiger partial charge on any atom is 0.239 e. The normalized spacial score (nSPS) is 13.8. The van der Waals surface area contributed by atoms with Gasteiger partial charge in [-0.25, -0.2) is 0 Å². The van der Waals surface area contributed by atoms with E-state index in [1.807, 2.05) is 23.1 Å². The van der Waals surface area contributed by atoms with Gasteiger partial charge in [0.15, 0.2) is 0 Å². The first-order valence-electron chi connectivity index (χ1n) is 7.83. The summed E-state index contributed by atoms with van der Waals surface area (Å²) in [6.45, 7) is 7.01. The average Bonchev–Trinajstić information content (AvgIpc) is 2.49. The first-order valence-corrected chi connectivity index (χ1v) is 8.62. The number of hydrogen-bond acceptors (Lipinski definition) is 2. The quantitative estimate of drug-likeness (QED) is 0.757. The summed E-state index contributed by atoms with van der Waals surface area (Å²) in [4.78, 5) is 14.6. The van der Waals surface area contributed by atoms with Crippen LogP contribution in [0, 0.1) is 0 Å². The monoisotopic (exact) mass is 354 g/mol. The molecule has 0 aliphatic carbocycles. The molecule has 1 amide bonds. The second kappa shape index (κ2) is 9.21. The van der Waals surface area contributed by atoms with Gasteiger partial charge in [0, 0.05) is 11.0 Å². The molecule has 0 spiro atoms. The first kappa shape index (κ1) is 18.2. The zero-order valence-corrected chi connectivity index (χ0v) is 14.9. The molecule has 0 saturated heterocycles. The Kier molecular flexibility index (Phi) is 7.97. The number of nitrogens with zero attached hydrogens (tertiary/aromatic N) is 1. The van der Waals surface area contributed by atoms with Gasteiger partial charge in [-0.15, -0.1) is 0 Å². The molecule has 1 aromatic carbocycles. The maximum absolute atomic E-state index is 12.7.